The average Bonchev–Trinajstić information content (AvgIpc) is 3.22. The number of hydrazone groups is 1. The summed E-state index contributed by atoms with van der Waals surface area (Å²) in [6, 6.07) is 16.3. The predicted molar refractivity (Wildman–Crippen MR) is 128 cm³/mol. The van der Waals surface area contributed by atoms with Crippen LogP contribution in [-0.4, -0.2) is 27.0 Å². The number of carbonyl (C=O) groups excluding carboxylic acids is 1. The lowest BCUT2D eigenvalue weighted by atomic mass is 10.2. The standard InChI is InChI=1S/C21H12BrN5O5S/c22-15-5-10-18-19(11-15)33-21(24-18)25(20(28)14-3-8-17(9-4-14)27(31)32)23-12-13-1-6-16(7-2-13)26(29)30/h1-12H/b23-12+. The highest BCUT2D eigenvalue weighted by atomic mass is 79.9. The number of nitro groups is 2. The fourth-order valence-corrected chi connectivity index (χ4v) is 4.29. The minimum atomic E-state index is -0.551. The van der Waals surface area contributed by atoms with Gasteiger partial charge in [0.05, 0.1) is 26.3 Å². The van der Waals surface area contributed by atoms with Crippen LogP contribution in [0.5, 0.6) is 0 Å². The van der Waals surface area contributed by atoms with Crippen molar-refractivity contribution in [2.45, 2.75) is 0 Å². The van der Waals surface area contributed by atoms with Crippen molar-refractivity contribution in [2.24, 2.45) is 5.10 Å². The van der Waals surface area contributed by atoms with Gasteiger partial charge in [0.25, 0.3) is 17.3 Å². The number of anilines is 1. The first-order valence-corrected chi connectivity index (χ1v) is 10.9. The SMILES string of the molecule is O=C(c1ccc([N+](=O)[O-])cc1)N(/N=C/c1ccc([N+](=O)[O-])cc1)c1nc2ccc(Br)cc2s1. The molecule has 0 aliphatic heterocycles. The molecule has 33 heavy (non-hydrogen) atoms. The van der Waals surface area contributed by atoms with E-state index in [0.29, 0.717) is 16.2 Å². The molecule has 4 rings (SSSR count). The molecule has 0 N–H and O–H groups in total. The molecule has 1 amide bonds. The quantitative estimate of drug-likeness (QED) is 0.184. The van der Waals surface area contributed by atoms with Crippen LogP contribution in [0.4, 0.5) is 16.5 Å². The maximum Gasteiger partial charge on any atom is 0.280 e. The second-order valence-corrected chi connectivity index (χ2v) is 8.55. The number of nitro benzene ring substituents is 2. The van der Waals surface area contributed by atoms with Crippen LogP contribution >= 0.6 is 27.3 Å². The van der Waals surface area contributed by atoms with E-state index in [-0.39, 0.29) is 16.9 Å². The van der Waals surface area contributed by atoms with Gasteiger partial charge in [-0.1, -0.05) is 27.3 Å². The lowest BCUT2D eigenvalue weighted by Gasteiger charge is -2.13. The molecule has 0 saturated heterocycles. The molecule has 0 atom stereocenters. The van der Waals surface area contributed by atoms with E-state index < -0.39 is 15.8 Å². The van der Waals surface area contributed by atoms with Gasteiger partial charge in [-0.15, -0.1) is 0 Å². The van der Waals surface area contributed by atoms with Crippen molar-refractivity contribution >= 4 is 66.1 Å². The van der Waals surface area contributed by atoms with Crippen molar-refractivity contribution in [3.63, 3.8) is 0 Å². The van der Waals surface area contributed by atoms with Crippen molar-refractivity contribution in [3.8, 4) is 0 Å². The monoisotopic (exact) mass is 525 g/mol. The summed E-state index contributed by atoms with van der Waals surface area (Å²) in [7, 11) is 0. The number of fused-ring (bicyclic) bond motifs is 1. The van der Waals surface area contributed by atoms with Crippen molar-refractivity contribution < 1.29 is 14.6 Å². The average molecular weight is 526 g/mol. The van der Waals surface area contributed by atoms with E-state index in [9.17, 15) is 25.0 Å². The van der Waals surface area contributed by atoms with E-state index >= 15 is 0 Å². The third-order valence-electron chi connectivity index (χ3n) is 4.46. The number of hydrogen-bond donors (Lipinski definition) is 0. The first-order valence-electron chi connectivity index (χ1n) is 9.25. The number of halogens is 1. The highest BCUT2D eigenvalue weighted by Crippen LogP contribution is 2.32. The molecular formula is C21H12BrN5O5S. The summed E-state index contributed by atoms with van der Waals surface area (Å²) in [6.07, 6.45) is 1.38. The minimum Gasteiger partial charge on any atom is -0.267 e. The van der Waals surface area contributed by atoms with E-state index in [0.717, 1.165) is 14.2 Å². The van der Waals surface area contributed by atoms with Gasteiger partial charge >= 0.3 is 0 Å². The summed E-state index contributed by atoms with van der Waals surface area (Å²) in [5.41, 5.74) is 1.18. The number of hydrogen-bond acceptors (Lipinski definition) is 8. The van der Waals surface area contributed by atoms with E-state index in [4.69, 9.17) is 0 Å². The normalized spacial score (nSPS) is 11.1. The molecule has 12 heteroatoms. The number of thiazole rings is 1. The maximum atomic E-state index is 13.2. The van der Waals surface area contributed by atoms with E-state index in [1.54, 1.807) is 6.07 Å². The zero-order valence-corrected chi connectivity index (χ0v) is 18.9. The van der Waals surface area contributed by atoms with Crippen LogP contribution in [0.2, 0.25) is 0 Å². The molecule has 0 aliphatic carbocycles. The summed E-state index contributed by atoms with van der Waals surface area (Å²) < 4.78 is 1.68. The van der Waals surface area contributed by atoms with Gasteiger partial charge in [-0.2, -0.15) is 10.1 Å². The summed E-state index contributed by atoms with van der Waals surface area (Å²) in [5.74, 6) is -0.541. The second kappa shape index (κ2) is 9.22. The Labute approximate surface area is 198 Å². The van der Waals surface area contributed by atoms with Crippen LogP contribution in [0.15, 0.2) is 76.3 Å². The van der Waals surface area contributed by atoms with E-state index in [2.05, 4.69) is 26.0 Å². The van der Waals surface area contributed by atoms with Gasteiger partial charge in [-0.25, -0.2) is 4.98 Å². The molecule has 3 aromatic carbocycles. The molecule has 164 valence electrons. The van der Waals surface area contributed by atoms with E-state index in [1.165, 1.54) is 66.1 Å². The first-order chi connectivity index (χ1) is 15.8. The van der Waals surface area contributed by atoms with Crippen LogP contribution in [0, 0.1) is 20.2 Å². The Hall–Kier alpha value is -4.03. The highest BCUT2D eigenvalue weighted by Gasteiger charge is 2.22. The van der Waals surface area contributed by atoms with Crippen LogP contribution in [0.25, 0.3) is 10.2 Å². The van der Waals surface area contributed by atoms with Gasteiger partial charge in [0.2, 0.25) is 5.13 Å². The fourth-order valence-electron chi connectivity index (χ4n) is 2.82. The zero-order valence-electron chi connectivity index (χ0n) is 16.5. The molecular weight excluding hydrogens is 514 g/mol. The Bertz CT molecular complexity index is 1400. The predicted octanol–water partition coefficient (Wildman–Crippen LogP) is 5.56. The number of nitrogens with zero attached hydrogens (tertiary/aromatic N) is 5. The fraction of sp³-hybridized carbons (Fsp3) is 0. The molecule has 0 radical (unpaired) electrons. The molecule has 0 spiro atoms. The van der Waals surface area contributed by atoms with E-state index in [1.807, 2.05) is 12.1 Å². The van der Waals surface area contributed by atoms with Crippen molar-refractivity contribution in [2.75, 3.05) is 5.01 Å². The van der Waals surface area contributed by atoms with Crippen LogP contribution < -0.4 is 5.01 Å². The van der Waals surface area contributed by atoms with Gasteiger partial charge < -0.3 is 0 Å². The summed E-state index contributed by atoms with van der Waals surface area (Å²) >= 11 is 4.65. The summed E-state index contributed by atoms with van der Waals surface area (Å²) in [5, 5.41) is 27.4. The number of non-ortho nitro benzene ring substituents is 2. The molecule has 10 nitrogen and oxygen atoms in total. The molecule has 0 fully saturated rings. The smallest absolute Gasteiger partial charge is 0.267 e. The number of benzene rings is 3. The number of carbonyl (C=O) groups is 1. The Morgan fingerprint density at radius 2 is 1.58 bits per heavy atom. The molecule has 0 aliphatic rings. The first kappa shape index (κ1) is 22.2. The van der Waals surface area contributed by atoms with Gasteiger partial charge in [0.1, 0.15) is 0 Å². The zero-order chi connectivity index (χ0) is 23.5. The third kappa shape index (κ3) is 4.91. The van der Waals surface area contributed by atoms with Gasteiger partial charge in [-0.05, 0) is 48.0 Å². The lowest BCUT2D eigenvalue weighted by Crippen LogP contribution is -2.25. The van der Waals surface area contributed by atoms with Gasteiger partial charge in [-0.3, -0.25) is 25.0 Å². The molecule has 4 aromatic rings. The number of amides is 1. The Morgan fingerprint density at radius 3 is 2.18 bits per heavy atom. The minimum absolute atomic E-state index is 0.0669. The Morgan fingerprint density at radius 1 is 0.970 bits per heavy atom. The van der Waals surface area contributed by atoms with Crippen molar-refractivity contribution in [3.05, 3.63) is 103 Å². The summed E-state index contributed by atoms with van der Waals surface area (Å²) in [6.45, 7) is 0. The highest BCUT2D eigenvalue weighted by molar-refractivity contribution is 9.10. The molecule has 0 bridgehead atoms. The topological polar surface area (TPSA) is 132 Å². The third-order valence-corrected chi connectivity index (χ3v) is 5.95. The Balaban J connectivity index is 1.72. The Kier molecular flexibility index (Phi) is 6.20. The van der Waals surface area contributed by atoms with Gasteiger partial charge in [0.15, 0.2) is 0 Å². The number of rotatable bonds is 6. The largest absolute Gasteiger partial charge is 0.280 e. The second-order valence-electron chi connectivity index (χ2n) is 6.62. The molecule has 0 unspecified atom stereocenters. The van der Waals surface area contributed by atoms with Crippen molar-refractivity contribution in [1.29, 1.82) is 0 Å². The molecule has 0 saturated carbocycles. The van der Waals surface area contributed by atoms with Gasteiger partial charge in [0, 0.05) is 34.3 Å². The summed E-state index contributed by atoms with van der Waals surface area (Å²) in [4.78, 5) is 38.4. The number of aromatic nitrogens is 1. The maximum absolute atomic E-state index is 13.2. The van der Waals surface area contributed by atoms with Crippen LogP contribution in [0.1, 0.15) is 15.9 Å². The lowest BCUT2D eigenvalue weighted by molar-refractivity contribution is -0.385. The molecule has 1 heterocycles. The van der Waals surface area contributed by atoms with Crippen molar-refractivity contribution in [1.82, 2.24) is 4.98 Å². The van der Waals surface area contributed by atoms with Crippen LogP contribution in [-0.2, 0) is 0 Å². The van der Waals surface area contributed by atoms with Crippen LogP contribution in [0.3, 0.4) is 0 Å². The molecule has 1 aromatic heterocycles.